The molecule has 0 saturated carbocycles. The fourth-order valence-corrected chi connectivity index (χ4v) is 2.73. The van der Waals surface area contributed by atoms with Gasteiger partial charge in [-0.2, -0.15) is 0 Å². The molecule has 1 aromatic carbocycles. The second kappa shape index (κ2) is 3.32. The van der Waals surface area contributed by atoms with E-state index in [2.05, 4.69) is 22.6 Å². The van der Waals surface area contributed by atoms with Crippen molar-refractivity contribution in [2.75, 3.05) is 13.1 Å². The molecular weight excluding hydrogens is 208 g/mol. The second-order valence-corrected chi connectivity index (χ2v) is 4.76. The van der Waals surface area contributed by atoms with Crippen molar-refractivity contribution < 1.29 is 0 Å². The van der Waals surface area contributed by atoms with E-state index >= 15 is 0 Å². The van der Waals surface area contributed by atoms with E-state index in [1.54, 1.807) is 0 Å². The third-order valence-electron chi connectivity index (χ3n) is 3.44. The van der Waals surface area contributed by atoms with Crippen molar-refractivity contribution in [1.29, 1.82) is 0 Å². The molecule has 1 fully saturated rings. The molecule has 0 radical (unpaired) electrons. The van der Waals surface area contributed by atoms with Crippen LogP contribution in [0.4, 0.5) is 5.69 Å². The normalized spacial score (nSPS) is 21.9. The molecule has 2 aliphatic heterocycles. The zero-order valence-corrected chi connectivity index (χ0v) is 9.22. The van der Waals surface area contributed by atoms with E-state index in [-0.39, 0.29) is 5.41 Å². The molecule has 1 spiro atoms. The molecule has 0 bridgehead atoms. The van der Waals surface area contributed by atoms with Gasteiger partial charge in [-0.15, -0.1) is 0 Å². The summed E-state index contributed by atoms with van der Waals surface area (Å²) in [4.78, 5) is 4.51. The lowest BCUT2D eigenvalue weighted by Gasteiger charge is -2.32. The van der Waals surface area contributed by atoms with Crippen molar-refractivity contribution in [1.82, 2.24) is 5.32 Å². The van der Waals surface area contributed by atoms with Crippen LogP contribution >= 0.6 is 11.6 Å². The molecule has 0 atom stereocenters. The lowest BCUT2D eigenvalue weighted by Crippen LogP contribution is -2.39. The van der Waals surface area contributed by atoms with Crippen molar-refractivity contribution in [3.63, 3.8) is 0 Å². The topological polar surface area (TPSA) is 24.4 Å². The summed E-state index contributed by atoms with van der Waals surface area (Å²) in [5.41, 5.74) is 2.57. The third-order valence-corrected chi connectivity index (χ3v) is 3.68. The quantitative estimate of drug-likeness (QED) is 0.714. The predicted octanol–water partition coefficient (Wildman–Crippen LogP) is 2.68. The van der Waals surface area contributed by atoms with Crippen LogP contribution in [0.3, 0.4) is 0 Å². The lowest BCUT2D eigenvalue weighted by molar-refractivity contribution is 0.408. The SMILES string of the molecule is Clc1ccc2c(c1)C1(C=N2)CCNCC1. The fourth-order valence-electron chi connectivity index (χ4n) is 2.55. The largest absolute Gasteiger partial charge is 0.317 e. The molecule has 15 heavy (non-hydrogen) atoms. The summed E-state index contributed by atoms with van der Waals surface area (Å²) in [5.74, 6) is 0. The minimum atomic E-state index is 0.158. The number of hydrogen-bond donors (Lipinski definition) is 1. The monoisotopic (exact) mass is 220 g/mol. The first-order valence-electron chi connectivity index (χ1n) is 5.36. The number of nitrogens with zero attached hydrogens (tertiary/aromatic N) is 1. The van der Waals surface area contributed by atoms with Gasteiger partial charge in [0.1, 0.15) is 0 Å². The van der Waals surface area contributed by atoms with Crippen LogP contribution in [0.5, 0.6) is 0 Å². The number of benzene rings is 1. The van der Waals surface area contributed by atoms with Gasteiger partial charge in [0.05, 0.1) is 5.69 Å². The van der Waals surface area contributed by atoms with Crippen molar-refractivity contribution in [3.05, 3.63) is 28.8 Å². The van der Waals surface area contributed by atoms with Crippen LogP contribution in [0.1, 0.15) is 18.4 Å². The van der Waals surface area contributed by atoms with Gasteiger partial charge in [-0.25, -0.2) is 0 Å². The smallest absolute Gasteiger partial charge is 0.0668 e. The number of aliphatic imine (C=N–C) groups is 1. The predicted molar refractivity (Wildman–Crippen MR) is 63.4 cm³/mol. The molecular formula is C12H13ClN2. The number of rotatable bonds is 0. The molecule has 2 aliphatic rings. The minimum absolute atomic E-state index is 0.158. The van der Waals surface area contributed by atoms with E-state index in [1.165, 1.54) is 5.56 Å². The maximum atomic E-state index is 6.05. The third kappa shape index (κ3) is 1.40. The average molecular weight is 221 g/mol. The highest BCUT2D eigenvalue weighted by Crippen LogP contribution is 2.43. The lowest BCUT2D eigenvalue weighted by atomic mass is 9.75. The Morgan fingerprint density at radius 3 is 2.87 bits per heavy atom. The van der Waals surface area contributed by atoms with E-state index in [0.717, 1.165) is 36.6 Å². The molecule has 0 unspecified atom stereocenters. The Morgan fingerprint density at radius 1 is 1.27 bits per heavy atom. The van der Waals surface area contributed by atoms with Crippen LogP contribution in [-0.2, 0) is 5.41 Å². The van der Waals surface area contributed by atoms with Gasteiger partial charge in [-0.05, 0) is 49.7 Å². The summed E-state index contributed by atoms with van der Waals surface area (Å²) >= 11 is 6.05. The molecule has 2 nitrogen and oxygen atoms in total. The Balaban J connectivity index is 2.09. The molecule has 1 saturated heterocycles. The Labute approximate surface area is 94.4 Å². The van der Waals surface area contributed by atoms with Crippen LogP contribution in [-0.4, -0.2) is 19.3 Å². The van der Waals surface area contributed by atoms with Crippen LogP contribution < -0.4 is 5.32 Å². The number of halogens is 1. The van der Waals surface area contributed by atoms with Gasteiger partial charge < -0.3 is 5.32 Å². The van der Waals surface area contributed by atoms with E-state index in [9.17, 15) is 0 Å². The highest BCUT2D eigenvalue weighted by Gasteiger charge is 2.37. The average Bonchev–Trinajstić information content (AvgIpc) is 2.59. The molecule has 1 aromatic rings. The first-order chi connectivity index (χ1) is 7.30. The highest BCUT2D eigenvalue weighted by molar-refractivity contribution is 6.30. The maximum absolute atomic E-state index is 6.05. The molecule has 3 rings (SSSR count). The van der Waals surface area contributed by atoms with Gasteiger partial charge >= 0.3 is 0 Å². The Bertz CT molecular complexity index is 420. The van der Waals surface area contributed by atoms with Crippen molar-refractivity contribution in [3.8, 4) is 0 Å². The minimum Gasteiger partial charge on any atom is -0.317 e. The zero-order valence-electron chi connectivity index (χ0n) is 8.46. The van der Waals surface area contributed by atoms with Crippen molar-refractivity contribution in [2.24, 2.45) is 4.99 Å². The number of fused-ring (bicyclic) bond motifs is 2. The Morgan fingerprint density at radius 2 is 2.07 bits per heavy atom. The molecule has 78 valence electrons. The van der Waals surface area contributed by atoms with Gasteiger partial charge in [-0.1, -0.05) is 11.6 Å². The summed E-state index contributed by atoms with van der Waals surface area (Å²) in [6.45, 7) is 2.13. The number of piperidine rings is 1. The summed E-state index contributed by atoms with van der Waals surface area (Å²) in [5, 5.41) is 4.20. The fraction of sp³-hybridized carbons (Fsp3) is 0.417. The van der Waals surface area contributed by atoms with Crippen molar-refractivity contribution >= 4 is 23.5 Å². The highest BCUT2D eigenvalue weighted by atomic mass is 35.5. The molecule has 0 aromatic heterocycles. The summed E-state index contributed by atoms with van der Waals surface area (Å²) < 4.78 is 0. The zero-order chi connectivity index (χ0) is 10.3. The summed E-state index contributed by atoms with van der Waals surface area (Å²) in [6, 6.07) is 6.01. The number of nitrogens with one attached hydrogen (secondary N) is 1. The maximum Gasteiger partial charge on any atom is 0.0668 e. The Hall–Kier alpha value is -0.860. The van der Waals surface area contributed by atoms with Crippen LogP contribution in [0.2, 0.25) is 5.02 Å². The first kappa shape index (κ1) is 9.37. The van der Waals surface area contributed by atoms with Crippen LogP contribution in [0, 0.1) is 0 Å². The van der Waals surface area contributed by atoms with Gasteiger partial charge in [0, 0.05) is 16.7 Å². The van der Waals surface area contributed by atoms with Crippen LogP contribution in [0.25, 0.3) is 0 Å². The second-order valence-electron chi connectivity index (χ2n) is 4.33. The van der Waals surface area contributed by atoms with Crippen molar-refractivity contribution in [2.45, 2.75) is 18.3 Å². The number of hydrogen-bond acceptors (Lipinski definition) is 2. The van der Waals surface area contributed by atoms with E-state index in [1.807, 2.05) is 12.1 Å². The van der Waals surface area contributed by atoms with Gasteiger partial charge in [0.15, 0.2) is 0 Å². The molecule has 2 heterocycles. The summed E-state index contributed by atoms with van der Waals surface area (Å²) in [7, 11) is 0. The van der Waals surface area contributed by atoms with E-state index in [0.29, 0.717) is 0 Å². The van der Waals surface area contributed by atoms with Gasteiger partial charge in [-0.3, -0.25) is 4.99 Å². The molecule has 3 heteroatoms. The van der Waals surface area contributed by atoms with Gasteiger partial charge in [0.25, 0.3) is 0 Å². The summed E-state index contributed by atoms with van der Waals surface area (Å²) in [6.07, 6.45) is 4.38. The Kier molecular flexibility index (Phi) is 2.08. The standard InChI is InChI=1S/C12H13ClN2/c13-9-1-2-11-10(7-9)12(8-15-11)3-5-14-6-4-12/h1-2,7-8,14H,3-6H2. The molecule has 1 N–H and O–H groups in total. The molecule has 0 aliphatic carbocycles. The molecule has 0 amide bonds. The van der Waals surface area contributed by atoms with Crippen LogP contribution in [0.15, 0.2) is 23.2 Å². The van der Waals surface area contributed by atoms with Gasteiger partial charge in [0.2, 0.25) is 0 Å². The first-order valence-corrected chi connectivity index (χ1v) is 5.74. The van der Waals surface area contributed by atoms with E-state index in [4.69, 9.17) is 11.6 Å². The van der Waals surface area contributed by atoms with E-state index < -0.39 is 0 Å².